The summed E-state index contributed by atoms with van der Waals surface area (Å²) >= 11 is 1.24. The predicted molar refractivity (Wildman–Crippen MR) is 80.4 cm³/mol. The van der Waals surface area contributed by atoms with Crippen LogP contribution in [0.3, 0.4) is 0 Å². The second kappa shape index (κ2) is 5.32. The highest BCUT2D eigenvalue weighted by atomic mass is 32.1. The lowest BCUT2D eigenvalue weighted by atomic mass is 9.91. The van der Waals surface area contributed by atoms with Gasteiger partial charge in [0, 0.05) is 23.4 Å². The van der Waals surface area contributed by atoms with E-state index < -0.39 is 5.97 Å². The van der Waals surface area contributed by atoms with Gasteiger partial charge in [0.1, 0.15) is 9.88 Å². The van der Waals surface area contributed by atoms with E-state index in [-0.39, 0.29) is 5.41 Å². The van der Waals surface area contributed by atoms with Gasteiger partial charge in [-0.05, 0) is 18.1 Å². The molecule has 0 aliphatic heterocycles. The van der Waals surface area contributed by atoms with E-state index in [0.717, 1.165) is 22.6 Å². The highest BCUT2D eigenvalue weighted by molar-refractivity contribution is 7.17. The molecule has 0 bridgehead atoms. The largest absolute Gasteiger partial charge is 0.477 e. The Morgan fingerprint density at radius 2 is 2.10 bits per heavy atom. The van der Waals surface area contributed by atoms with Crippen LogP contribution in [0.25, 0.3) is 10.6 Å². The normalized spacial score (nSPS) is 11.6. The second-order valence-corrected chi connectivity index (χ2v) is 6.64. The molecule has 0 saturated heterocycles. The van der Waals surface area contributed by atoms with Gasteiger partial charge in [-0.1, -0.05) is 27.7 Å². The standard InChI is InChI=1S/C15H18N2O2S/c1-5-9-8-16-7-6-10(9)13-17-12(15(2,3)4)11(20-13)14(18)19/h6-8H,5H2,1-4H3,(H,18,19). The van der Waals surface area contributed by atoms with Crippen LogP contribution in [0.4, 0.5) is 0 Å². The number of aromatic nitrogens is 2. The number of carbonyl (C=O) groups is 1. The van der Waals surface area contributed by atoms with Gasteiger partial charge in [0.25, 0.3) is 0 Å². The van der Waals surface area contributed by atoms with Crippen molar-refractivity contribution in [3.8, 4) is 10.6 Å². The molecule has 0 aliphatic rings. The number of pyridine rings is 1. The zero-order valence-corrected chi connectivity index (χ0v) is 12.9. The Hall–Kier alpha value is -1.75. The first-order chi connectivity index (χ1) is 9.34. The summed E-state index contributed by atoms with van der Waals surface area (Å²) in [6, 6.07) is 1.90. The molecule has 0 spiro atoms. The van der Waals surface area contributed by atoms with Gasteiger partial charge < -0.3 is 5.11 Å². The molecule has 1 N–H and O–H groups in total. The van der Waals surface area contributed by atoms with E-state index >= 15 is 0 Å². The fraction of sp³-hybridized carbons (Fsp3) is 0.400. The van der Waals surface area contributed by atoms with Crippen LogP contribution >= 0.6 is 11.3 Å². The van der Waals surface area contributed by atoms with E-state index in [2.05, 4.69) is 16.9 Å². The van der Waals surface area contributed by atoms with Crippen molar-refractivity contribution in [3.63, 3.8) is 0 Å². The Labute approximate surface area is 122 Å². The Morgan fingerprint density at radius 1 is 1.40 bits per heavy atom. The number of nitrogens with zero attached hydrogens (tertiary/aromatic N) is 2. The van der Waals surface area contributed by atoms with E-state index in [1.807, 2.05) is 33.0 Å². The van der Waals surface area contributed by atoms with Crippen molar-refractivity contribution in [2.75, 3.05) is 0 Å². The number of aryl methyl sites for hydroxylation is 1. The Kier molecular flexibility index (Phi) is 3.90. The number of hydrogen-bond donors (Lipinski definition) is 1. The molecule has 0 fully saturated rings. The molecule has 0 radical (unpaired) electrons. The number of hydrogen-bond acceptors (Lipinski definition) is 4. The third-order valence-electron chi connectivity index (χ3n) is 3.05. The number of aromatic carboxylic acids is 1. The third kappa shape index (κ3) is 2.72. The van der Waals surface area contributed by atoms with Gasteiger partial charge in [-0.2, -0.15) is 0 Å². The first-order valence-electron chi connectivity index (χ1n) is 6.52. The summed E-state index contributed by atoms with van der Waals surface area (Å²) in [6.45, 7) is 7.99. The fourth-order valence-corrected chi connectivity index (χ4v) is 3.18. The maximum atomic E-state index is 11.4. The minimum absolute atomic E-state index is 0.290. The summed E-state index contributed by atoms with van der Waals surface area (Å²) in [6.07, 6.45) is 4.37. The summed E-state index contributed by atoms with van der Waals surface area (Å²) in [4.78, 5) is 20.5. The van der Waals surface area contributed by atoms with E-state index in [4.69, 9.17) is 0 Å². The molecule has 0 unspecified atom stereocenters. The van der Waals surface area contributed by atoms with Gasteiger partial charge >= 0.3 is 5.97 Å². The van der Waals surface area contributed by atoms with Crippen LogP contribution in [0.2, 0.25) is 0 Å². The quantitative estimate of drug-likeness (QED) is 0.934. The number of thiazole rings is 1. The van der Waals surface area contributed by atoms with E-state index in [1.54, 1.807) is 6.20 Å². The zero-order chi connectivity index (χ0) is 14.9. The highest BCUT2D eigenvalue weighted by Crippen LogP contribution is 2.35. The van der Waals surface area contributed by atoms with Gasteiger partial charge in [0.05, 0.1) is 5.69 Å². The van der Waals surface area contributed by atoms with Crippen LogP contribution in [0.15, 0.2) is 18.5 Å². The summed E-state index contributed by atoms with van der Waals surface area (Å²) in [5, 5.41) is 10.1. The first kappa shape index (κ1) is 14.7. The first-order valence-corrected chi connectivity index (χ1v) is 7.34. The minimum Gasteiger partial charge on any atom is -0.477 e. The number of carboxylic acid groups (broad SMARTS) is 1. The van der Waals surface area contributed by atoms with E-state index in [1.165, 1.54) is 11.3 Å². The summed E-state index contributed by atoms with van der Waals surface area (Å²) in [5.41, 5.74) is 2.41. The molecule has 0 atom stereocenters. The average Bonchev–Trinajstić information content (AvgIpc) is 2.83. The smallest absolute Gasteiger partial charge is 0.347 e. The number of rotatable bonds is 3. The van der Waals surface area contributed by atoms with Crippen LogP contribution in [0, 0.1) is 0 Å². The molecule has 4 nitrogen and oxygen atoms in total. The predicted octanol–water partition coefficient (Wildman–Crippen LogP) is 3.76. The van der Waals surface area contributed by atoms with Crippen LogP contribution in [0.1, 0.15) is 48.6 Å². The lowest BCUT2D eigenvalue weighted by Crippen LogP contribution is -2.16. The van der Waals surface area contributed by atoms with Crippen molar-refractivity contribution in [2.45, 2.75) is 39.5 Å². The SMILES string of the molecule is CCc1cnccc1-c1nc(C(C)(C)C)c(C(=O)O)s1. The van der Waals surface area contributed by atoms with E-state index in [0.29, 0.717) is 10.6 Å². The Bertz CT molecular complexity index is 642. The molecule has 2 aromatic heterocycles. The molecule has 2 aromatic rings. The summed E-state index contributed by atoms with van der Waals surface area (Å²) < 4.78 is 0. The average molecular weight is 290 g/mol. The van der Waals surface area contributed by atoms with Crippen molar-refractivity contribution >= 4 is 17.3 Å². The van der Waals surface area contributed by atoms with E-state index in [9.17, 15) is 9.90 Å². The van der Waals surface area contributed by atoms with Crippen LogP contribution < -0.4 is 0 Å². The molecule has 0 amide bonds. The van der Waals surface area contributed by atoms with Crippen molar-refractivity contribution in [2.24, 2.45) is 0 Å². The topological polar surface area (TPSA) is 63.1 Å². The van der Waals surface area contributed by atoms with Crippen molar-refractivity contribution in [1.82, 2.24) is 9.97 Å². The molecular weight excluding hydrogens is 272 g/mol. The lowest BCUT2D eigenvalue weighted by Gasteiger charge is -2.16. The third-order valence-corrected chi connectivity index (χ3v) is 4.12. The van der Waals surface area contributed by atoms with Crippen LogP contribution in [0.5, 0.6) is 0 Å². The van der Waals surface area contributed by atoms with Crippen molar-refractivity contribution in [3.05, 3.63) is 34.6 Å². The fourth-order valence-electron chi connectivity index (χ4n) is 2.01. The maximum absolute atomic E-state index is 11.4. The molecule has 20 heavy (non-hydrogen) atoms. The van der Waals surface area contributed by atoms with Gasteiger partial charge in [0.2, 0.25) is 0 Å². The summed E-state index contributed by atoms with van der Waals surface area (Å²) in [7, 11) is 0. The highest BCUT2D eigenvalue weighted by Gasteiger charge is 2.27. The van der Waals surface area contributed by atoms with Crippen LogP contribution in [-0.4, -0.2) is 21.0 Å². The van der Waals surface area contributed by atoms with Gasteiger partial charge in [0.15, 0.2) is 0 Å². The van der Waals surface area contributed by atoms with Gasteiger partial charge in [-0.25, -0.2) is 9.78 Å². The monoisotopic (exact) mass is 290 g/mol. The lowest BCUT2D eigenvalue weighted by molar-refractivity contribution is 0.0699. The summed E-state index contributed by atoms with van der Waals surface area (Å²) in [5.74, 6) is -0.911. The second-order valence-electron chi connectivity index (χ2n) is 5.64. The Morgan fingerprint density at radius 3 is 2.60 bits per heavy atom. The van der Waals surface area contributed by atoms with Gasteiger partial charge in [-0.3, -0.25) is 4.98 Å². The Balaban J connectivity index is 2.62. The van der Waals surface area contributed by atoms with Crippen molar-refractivity contribution in [1.29, 1.82) is 0 Å². The number of carboxylic acids is 1. The molecule has 5 heteroatoms. The molecule has 2 rings (SSSR count). The zero-order valence-electron chi connectivity index (χ0n) is 12.1. The van der Waals surface area contributed by atoms with Gasteiger partial charge in [-0.15, -0.1) is 11.3 Å². The molecule has 106 valence electrons. The molecular formula is C15H18N2O2S. The van der Waals surface area contributed by atoms with Crippen LogP contribution in [-0.2, 0) is 11.8 Å². The maximum Gasteiger partial charge on any atom is 0.347 e. The van der Waals surface area contributed by atoms with Crippen molar-refractivity contribution < 1.29 is 9.90 Å². The molecule has 0 aromatic carbocycles. The molecule has 2 heterocycles. The molecule has 0 aliphatic carbocycles. The molecule has 0 saturated carbocycles. The minimum atomic E-state index is -0.911.